The Labute approximate surface area is 116 Å². The number of nitro benzene ring substituents is 1. The largest absolute Gasteiger partial charge is 0.373 e. The Morgan fingerprint density at radius 3 is 2.90 bits per heavy atom. The number of nitrogens with one attached hydrogen (secondary N) is 1. The molecule has 0 unspecified atom stereocenters. The standard InChI is InChI=1S/C14H16FN3O2/c1-2-7-17-8-6-11(10-17)9-16-14-12(15)4-3-5-13(14)18(19)20/h3-6,8,10,16H,2,7,9H2,1H3. The SMILES string of the molecule is CCCn1ccc(CNc2c(F)cccc2[N+](=O)[O-])c1. The zero-order valence-corrected chi connectivity index (χ0v) is 11.2. The van der Waals surface area contributed by atoms with Crippen LogP contribution in [0.15, 0.2) is 36.7 Å². The monoisotopic (exact) mass is 277 g/mol. The van der Waals surface area contributed by atoms with Gasteiger partial charge in [0.15, 0.2) is 5.82 Å². The molecule has 0 saturated heterocycles. The lowest BCUT2D eigenvalue weighted by Gasteiger charge is -2.07. The highest BCUT2D eigenvalue weighted by molar-refractivity contribution is 5.62. The first kappa shape index (κ1) is 14.0. The minimum atomic E-state index is -0.618. The fourth-order valence-corrected chi connectivity index (χ4v) is 2.02. The van der Waals surface area contributed by atoms with Gasteiger partial charge in [-0.25, -0.2) is 4.39 Å². The molecular weight excluding hydrogens is 261 g/mol. The summed E-state index contributed by atoms with van der Waals surface area (Å²) in [4.78, 5) is 10.3. The molecule has 0 aliphatic heterocycles. The van der Waals surface area contributed by atoms with E-state index in [1.165, 1.54) is 18.2 Å². The zero-order chi connectivity index (χ0) is 14.5. The van der Waals surface area contributed by atoms with E-state index in [9.17, 15) is 14.5 Å². The molecule has 20 heavy (non-hydrogen) atoms. The van der Waals surface area contributed by atoms with Gasteiger partial charge in [0.2, 0.25) is 0 Å². The predicted molar refractivity (Wildman–Crippen MR) is 75.1 cm³/mol. The number of hydrogen-bond donors (Lipinski definition) is 1. The van der Waals surface area contributed by atoms with E-state index in [1.807, 2.05) is 23.0 Å². The molecule has 1 heterocycles. The summed E-state index contributed by atoms with van der Waals surface area (Å²) in [7, 11) is 0. The molecule has 0 saturated carbocycles. The fraction of sp³-hybridized carbons (Fsp3) is 0.286. The molecule has 0 bridgehead atoms. The quantitative estimate of drug-likeness (QED) is 0.648. The molecule has 0 aliphatic carbocycles. The number of nitrogens with zero attached hydrogens (tertiary/aromatic N) is 2. The lowest BCUT2D eigenvalue weighted by molar-refractivity contribution is -0.384. The van der Waals surface area contributed by atoms with Crippen LogP contribution in [-0.4, -0.2) is 9.49 Å². The number of aryl methyl sites for hydroxylation is 1. The van der Waals surface area contributed by atoms with Crippen LogP contribution < -0.4 is 5.32 Å². The van der Waals surface area contributed by atoms with Crippen molar-refractivity contribution in [1.29, 1.82) is 0 Å². The molecular formula is C14H16FN3O2. The summed E-state index contributed by atoms with van der Waals surface area (Å²) in [6, 6.07) is 5.73. The molecule has 0 radical (unpaired) electrons. The van der Waals surface area contributed by atoms with Crippen LogP contribution in [0.5, 0.6) is 0 Å². The Kier molecular flexibility index (Phi) is 4.34. The highest BCUT2D eigenvalue weighted by atomic mass is 19.1. The van der Waals surface area contributed by atoms with E-state index in [0.29, 0.717) is 6.54 Å². The molecule has 0 amide bonds. The van der Waals surface area contributed by atoms with Crippen molar-refractivity contribution >= 4 is 11.4 Å². The number of hydrogen-bond acceptors (Lipinski definition) is 3. The van der Waals surface area contributed by atoms with Crippen LogP contribution in [-0.2, 0) is 13.1 Å². The van der Waals surface area contributed by atoms with E-state index in [0.717, 1.165) is 18.5 Å². The smallest absolute Gasteiger partial charge is 0.295 e. The first-order chi connectivity index (χ1) is 9.61. The van der Waals surface area contributed by atoms with Gasteiger partial charge in [-0.05, 0) is 24.1 Å². The van der Waals surface area contributed by atoms with Crippen molar-refractivity contribution in [3.63, 3.8) is 0 Å². The van der Waals surface area contributed by atoms with E-state index in [-0.39, 0.29) is 11.4 Å². The van der Waals surface area contributed by atoms with Crippen LogP contribution in [0.3, 0.4) is 0 Å². The molecule has 2 rings (SSSR count). The summed E-state index contributed by atoms with van der Waals surface area (Å²) in [6.07, 6.45) is 4.92. The minimum absolute atomic E-state index is 0.0688. The first-order valence-electron chi connectivity index (χ1n) is 6.43. The van der Waals surface area contributed by atoms with Crippen molar-refractivity contribution in [3.05, 3.63) is 58.2 Å². The van der Waals surface area contributed by atoms with Crippen LogP contribution in [0, 0.1) is 15.9 Å². The number of aromatic nitrogens is 1. The Morgan fingerprint density at radius 2 is 2.20 bits per heavy atom. The van der Waals surface area contributed by atoms with Gasteiger partial charge in [0.05, 0.1) is 4.92 Å². The van der Waals surface area contributed by atoms with Crippen LogP contribution in [0.1, 0.15) is 18.9 Å². The van der Waals surface area contributed by atoms with E-state index >= 15 is 0 Å². The van der Waals surface area contributed by atoms with E-state index < -0.39 is 10.7 Å². The summed E-state index contributed by atoms with van der Waals surface area (Å²) >= 11 is 0. The average Bonchev–Trinajstić information content (AvgIpc) is 2.85. The topological polar surface area (TPSA) is 60.1 Å². The summed E-state index contributed by atoms with van der Waals surface area (Å²) in [5, 5.41) is 13.7. The maximum Gasteiger partial charge on any atom is 0.295 e. The van der Waals surface area contributed by atoms with Crippen molar-refractivity contribution in [3.8, 4) is 0 Å². The lowest BCUT2D eigenvalue weighted by atomic mass is 10.2. The van der Waals surface area contributed by atoms with Gasteiger partial charge in [-0.3, -0.25) is 10.1 Å². The molecule has 6 heteroatoms. The molecule has 0 spiro atoms. The molecule has 1 aromatic heterocycles. The van der Waals surface area contributed by atoms with Crippen LogP contribution in [0.2, 0.25) is 0 Å². The third-order valence-corrected chi connectivity index (χ3v) is 2.95. The minimum Gasteiger partial charge on any atom is -0.373 e. The van der Waals surface area contributed by atoms with Gasteiger partial charge in [-0.1, -0.05) is 13.0 Å². The highest BCUT2D eigenvalue weighted by Crippen LogP contribution is 2.27. The van der Waals surface area contributed by atoms with Gasteiger partial charge in [-0.15, -0.1) is 0 Å². The molecule has 2 aromatic rings. The van der Waals surface area contributed by atoms with Crippen LogP contribution in [0.25, 0.3) is 0 Å². The number of halogens is 1. The molecule has 1 aromatic carbocycles. The van der Waals surface area contributed by atoms with Crippen molar-refractivity contribution in [2.24, 2.45) is 0 Å². The normalized spacial score (nSPS) is 10.5. The van der Waals surface area contributed by atoms with Crippen LogP contribution in [0.4, 0.5) is 15.8 Å². The van der Waals surface area contributed by atoms with Crippen molar-refractivity contribution in [2.45, 2.75) is 26.4 Å². The van der Waals surface area contributed by atoms with Crippen molar-refractivity contribution in [1.82, 2.24) is 4.57 Å². The molecule has 5 nitrogen and oxygen atoms in total. The number of anilines is 1. The second-order valence-electron chi connectivity index (χ2n) is 4.50. The molecule has 106 valence electrons. The summed E-state index contributed by atoms with van der Waals surface area (Å²) < 4.78 is 15.7. The third-order valence-electron chi connectivity index (χ3n) is 2.95. The van der Waals surface area contributed by atoms with E-state index in [4.69, 9.17) is 0 Å². The first-order valence-corrected chi connectivity index (χ1v) is 6.43. The Morgan fingerprint density at radius 1 is 1.40 bits per heavy atom. The van der Waals surface area contributed by atoms with Crippen molar-refractivity contribution < 1.29 is 9.31 Å². The highest BCUT2D eigenvalue weighted by Gasteiger charge is 2.17. The van der Waals surface area contributed by atoms with Crippen molar-refractivity contribution in [2.75, 3.05) is 5.32 Å². The van der Waals surface area contributed by atoms with Gasteiger partial charge in [0.1, 0.15) is 5.69 Å². The van der Waals surface area contributed by atoms with Gasteiger partial charge >= 0.3 is 0 Å². The summed E-state index contributed by atoms with van der Waals surface area (Å²) in [5.41, 5.74) is 0.634. The molecule has 0 fully saturated rings. The molecule has 0 aliphatic rings. The Hall–Kier alpha value is -2.37. The second-order valence-corrected chi connectivity index (χ2v) is 4.50. The second kappa shape index (κ2) is 6.18. The fourth-order valence-electron chi connectivity index (χ4n) is 2.02. The lowest BCUT2D eigenvalue weighted by Crippen LogP contribution is -2.04. The van der Waals surface area contributed by atoms with Gasteiger partial charge in [0.25, 0.3) is 5.69 Å². The number of nitro groups is 1. The van der Waals surface area contributed by atoms with E-state index in [2.05, 4.69) is 12.2 Å². The van der Waals surface area contributed by atoms with Gasteiger partial charge < -0.3 is 9.88 Å². The number of para-hydroxylation sites is 1. The molecule has 0 atom stereocenters. The van der Waals surface area contributed by atoms with Crippen LogP contribution >= 0.6 is 0 Å². The number of benzene rings is 1. The summed E-state index contributed by atoms with van der Waals surface area (Å²) in [5.74, 6) is -0.618. The summed E-state index contributed by atoms with van der Waals surface area (Å²) in [6.45, 7) is 3.35. The van der Waals surface area contributed by atoms with Gasteiger partial charge in [-0.2, -0.15) is 0 Å². The maximum atomic E-state index is 13.7. The zero-order valence-electron chi connectivity index (χ0n) is 11.2. The Balaban J connectivity index is 2.12. The molecule has 1 N–H and O–H groups in total. The number of rotatable bonds is 6. The van der Waals surface area contributed by atoms with E-state index in [1.54, 1.807) is 0 Å². The average molecular weight is 277 g/mol. The Bertz CT molecular complexity index is 610. The predicted octanol–water partition coefficient (Wildman–Crippen LogP) is 3.56. The third kappa shape index (κ3) is 3.14. The van der Waals surface area contributed by atoms with Gasteiger partial charge in [0, 0.05) is 31.5 Å². The maximum absolute atomic E-state index is 13.7.